The quantitative estimate of drug-likeness (QED) is 0.664. The molecule has 0 aromatic carbocycles. The third kappa shape index (κ3) is 9.73. The number of carbonyl (C=O) groups is 2. The molecule has 0 radical (unpaired) electrons. The van der Waals surface area contributed by atoms with Crippen LogP contribution in [0.25, 0.3) is 0 Å². The molecule has 0 aromatic heterocycles. The Balaban J connectivity index is 0. The van der Waals surface area contributed by atoms with Gasteiger partial charge in [0, 0.05) is 0 Å². The number of aliphatic hydroxyl groups excluding tert-OH is 2. The predicted octanol–water partition coefficient (Wildman–Crippen LogP) is 1.91. The molecule has 0 aliphatic carbocycles. The van der Waals surface area contributed by atoms with Crippen molar-refractivity contribution >= 4 is 11.9 Å². The molecule has 6 nitrogen and oxygen atoms in total. The molecule has 0 spiro atoms. The molecular formula is C16H32O6. The number of carbonyl (C=O) groups excluding carboxylic acids is 2. The second kappa shape index (κ2) is 13.5. The summed E-state index contributed by atoms with van der Waals surface area (Å²) in [7, 11) is 0. The summed E-state index contributed by atoms with van der Waals surface area (Å²) >= 11 is 0. The molecule has 22 heavy (non-hydrogen) atoms. The maximum Gasteiger partial charge on any atom is 0.311 e. The largest absolute Gasteiger partial charge is 0.466 e. The van der Waals surface area contributed by atoms with Gasteiger partial charge in [-0.15, -0.1) is 0 Å². The van der Waals surface area contributed by atoms with Crippen molar-refractivity contribution in [2.45, 2.75) is 66.6 Å². The van der Waals surface area contributed by atoms with E-state index in [0.29, 0.717) is 26.1 Å². The fourth-order valence-corrected chi connectivity index (χ4v) is 1.91. The number of rotatable bonds is 8. The smallest absolute Gasteiger partial charge is 0.311 e. The van der Waals surface area contributed by atoms with Crippen LogP contribution in [0.3, 0.4) is 0 Å². The van der Waals surface area contributed by atoms with E-state index in [-0.39, 0.29) is 23.8 Å². The van der Waals surface area contributed by atoms with Crippen LogP contribution < -0.4 is 0 Å². The molecule has 2 N–H and O–H groups in total. The van der Waals surface area contributed by atoms with Crippen molar-refractivity contribution in [1.29, 1.82) is 0 Å². The van der Waals surface area contributed by atoms with Gasteiger partial charge >= 0.3 is 11.9 Å². The number of esters is 2. The van der Waals surface area contributed by atoms with E-state index in [1.54, 1.807) is 27.7 Å². The molecule has 0 aromatic rings. The highest BCUT2D eigenvalue weighted by molar-refractivity contribution is 5.73. The average molecular weight is 320 g/mol. The third-order valence-corrected chi connectivity index (χ3v) is 3.22. The van der Waals surface area contributed by atoms with Crippen molar-refractivity contribution in [2.75, 3.05) is 13.2 Å². The van der Waals surface area contributed by atoms with Crippen molar-refractivity contribution in [3.8, 4) is 0 Å². The lowest BCUT2D eigenvalue weighted by molar-refractivity contribution is -0.152. The molecule has 0 aliphatic heterocycles. The molecular weight excluding hydrogens is 288 g/mol. The first-order valence-electron chi connectivity index (χ1n) is 7.95. The van der Waals surface area contributed by atoms with Crippen LogP contribution in [0.1, 0.15) is 54.4 Å². The van der Waals surface area contributed by atoms with E-state index in [1.807, 2.05) is 13.8 Å². The Kier molecular flexibility index (Phi) is 14.2. The second-order valence-corrected chi connectivity index (χ2v) is 5.01. The van der Waals surface area contributed by atoms with Crippen LogP contribution in [0.5, 0.6) is 0 Å². The van der Waals surface area contributed by atoms with E-state index in [0.717, 1.165) is 0 Å². The maximum atomic E-state index is 11.0. The van der Waals surface area contributed by atoms with Crippen molar-refractivity contribution in [3.63, 3.8) is 0 Å². The molecule has 0 saturated heterocycles. The van der Waals surface area contributed by atoms with Crippen LogP contribution in [-0.4, -0.2) is 47.6 Å². The van der Waals surface area contributed by atoms with E-state index < -0.39 is 12.2 Å². The van der Waals surface area contributed by atoms with E-state index in [4.69, 9.17) is 19.7 Å². The lowest BCUT2D eigenvalue weighted by Gasteiger charge is -2.15. The Morgan fingerprint density at radius 3 is 1.18 bits per heavy atom. The Morgan fingerprint density at radius 1 is 0.773 bits per heavy atom. The van der Waals surface area contributed by atoms with E-state index in [1.165, 1.54) is 0 Å². The summed E-state index contributed by atoms with van der Waals surface area (Å²) < 4.78 is 9.51. The normalized spacial score (nSPS) is 15.6. The number of aliphatic hydroxyl groups is 2. The van der Waals surface area contributed by atoms with Gasteiger partial charge in [-0.2, -0.15) is 0 Å². The number of hydrogen-bond acceptors (Lipinski definition) is 6. The molecule has 0 saturated carbocycles. The minimum atomic E-state index is -0.612. The molecule has 0 aliphatic rings. The Labute approximate surface area is 133 Å². The van der Waals surface area contributed by atoms with Gasteiger partial charge in [0.2, 0.25) is 0 Å². The van der Waals surface area contributed by atoms with Crippen molar-refractivity contribution in [2.24, 2.45) is 11.8 Å². The summed E-state index contributed by atoms with van der Waals surface area (Å²) in [5.74, 6) is -1.33. The first kappa shape index (κ1) is 23.1. The molecule has 0 fully saturated rings. The highest BCUT2D eigenvalue weighted by Crippen LogP contribution is 2.10. The Bertz CT molecular complexity index is 271. The summed E-state index contributed by atoms with van der Waals surface area (Å²) in [5, 5.41) is 18.2. The molecule has 0 heterocycles. The molecule has 132 valence electrons. The first-order valence-corrected chi connectivity index (χ1v) is 7.95. The lowest BCUT2D eigenvalue weighted by atomic mass is 10.0. The zero-order valence-electron chi connectivity index (χ0n) is 14.7. The van der Waals surface area contributed by atoms with Gasteiger partial charge in [0.15, 0.2) is 0 Å². The summed E-state index contributed by atoms with van der Waals surface area (Å²) in [6.07, 6.45) is 0.0191. The van der Waals surface area contributed by atoms with Gasteiger partial charge in [0.25, 0.3) is 0 Å². The van der Waals surface area contributed by atoms with Gasteiger partial charge in [-0.05, 0) is 40.5 Å². The average Bonchev–Trinajstić information content (AvgIpc) is 2.40. The number of ether oxygens (including phenoxy) is 2. The molecule has 0 bridgehead atoms. The topological polar surface area (TPSA) is 93.1 Å². The Hall–Kier alpha value is -1.14. The molecule has 6 heteroatoms. The Morgan fingerprint density at radius 2 is 1.05 bits per heavy atom. The van der Waals surface area contributed by atoms with Gasteiger partial charge in [-0.3, -0.25) is 9.59 Å². The van der Waals surface area contributed by atoms with Crippen LogP contribution >= 0.6 is 0 Å². The molecule has 0 rings (SSSR count). The molecule has 4 unspecified atom stereocenters. The van der Waals surface area contributed by atoms with Gasteiger partial charge in [0.1, 0.15) is 0 Å². The van der Waals surface area contributed by atoms with Gasteiger partial charge in [-0.1, -0.05) is 13.8 Å². The molecule has 4 atom stereocenters. The van der Waals surface area contributed by atoms with Crippen LogP contribution in [0, 0.1) is 11.8 Å². The van der Waals surface area contributed by atoms with E-state index in [9.17, 15) is 9.59 Å². The monoisotopic (exact) mass is 320 g/mol. The van der Waals surface area contributed by atoms with Crippen LogP contribution in [0.2, 0.25) is 0 Å². The summed E-state index contributed by atoms with van der Waals surface area (Å²) in [4.78, 5) is 22.1. The van der Waals surface area contributed by atoms with Crippen LogP contribution in [0.4, 0.5) is 0 Å². The highest BCUT2D eigenvalue weighted by Gasteiger charge is 2.23. The minimum absolute atomic E-state index is 0.301. The highest BCUT2D eigenvalue weighted by atomic mass is 16.5. The minimum Gasteiger partial charge on any atom is -0.466 e. The summed E-state index contributed by atoms with van der Waals surface area (Å²) in [6, 6.07) is 0. The fraction of sp³-hybridized carbons (Fsp3) is 0.875. The first-order chi connectivity index (χ1) is 10.3. The van der Waals surface area contributed by atoms with Gasteiger partial charge in [-0.25, -0.2) is 0 Å². The fourth-order valence-electron chi connectivity index (χ4n) is 1.91. The van der Waals surface area contributed by atoms with Crippen LogP contribution in [-0.2, 0) is 19.1 Å². The van der Waals surface area contributed by atoms with E-state index in [2.05, 4.69) is 0 Å². The SMILES string of the molecule is CCOC(=O)C(CC)C(C)O.CCOC(=O)C(CC)C(C)O. The second-order valence-electron chi connectivity index (χ2n) is 5.01. The van der Waals surface area contributed by atoms with Crippen LogP contribution in [0.15, 0.2) is 0 Å². The number of hydrogen-bond donors (Lipinski definition) is 2. The predicted molar refractivity (Wildman–Crippen MR) is 84.2 cm³/mol. The maximum absolute atomic E-state index is 11.0. The summed E-state index contributed by atoms with van der Waals surface area (Å²) in [6.45, 7) is 11.2. The van der Waals surface area contributed by atoms with Gasteiger partial charge in [0.05, 0.1) is 37.3 Å². The van der Waals surface area contributed by atoms with Gasteiger partial charge < -0.3 is 19.7 Å². The standard InChI is InChI=1S/2C8H16O3/c2*1-4-7(6(3)9)8(10)11-5-2/h2*6-7,9H,4-5H2,1-3H3. The van der Waals surface area contributed by atoms with E-state index >= 15 is 0 Å². The molecule has 0 amide bonds. The summed E-state index contributed by atoms with van der Waals surface area (Å²) in [5.41, 5.74) is 0. The van der Waals surface area contributed by atoms with Crippen molar-refractivity contribution in [3.05, 3.63) is 0 Å². The zero-order valence-corrected chi connectivity index (χ0v) is 14.7. The van der Waals surface area contributed by atoms with Crippen molar-refractivity contribution < 1.29 is 29.3 Å². The lowest BCUT2D eigenvalue weighted by Crippen LogP contribution is -2.27. The van der Waals surface area contributed by atoms with Crippen molar-refractivity contribution in [1.82, 2.24) is 0 Å². The zero-order chi connectivity index (χ0) is 17.7. The third-order valence-electron chi connectivity index (χ3n) is 3.22.